The number of nitrogens with one attached hydrogen (secondary N) is 2. The second-order valence-corrected chi connectivity index (χ2v) is 21.3. The van der Waals surface area contributed by atoms with Crippen LogP contribution >= 0.6 is 35.1 Å². The largest absolute Gasteiger partial charge is 0.493 e. The number of anilines is 3. The normalized spacial score (nSPS) is 12.6. The van der Waals surface area contributed by atoms with E-state index < -0.39 is 16.6 Å². The highest BCUT2D eigenvalue weighted by molar-refractivity contribution is 8.13. The summed E-state index contributed by atoms with van der Waals surface area (Å²) in [5, 5.41) is 16.4. The minimum atomic E-state index is -1.22. The van der Waals surface area contributed by atoms with Crippen LogP contribution < -0.4 is 20.3 Å². The SMILES string of the molecule is CCn1nnnc1SC(=O)N(c1ccccc1SC(C(=O)Nc1cc(NC(=O)CCCOc2ccc(CC(C)(C)C)cc2CC(C)(C)C)ccc1Cl)C(=O)C(C)(C)C)C(C)C. The van der Waals surface area contributed by atoms with Crippen molar-refractivity contribution in [3.63, 3.8) is 0 Å². The molecule has 0 fully saturated rings. The molecular weight excluding hydrogens is 830 g/mol. The average Bonchev–Trinajstić information content (AvgIpc) is 3.59. The first-order chi connectivity index (χ1) is 28.5. The third-order valence-electron chi connectivity index (χ3n) is 9.17. The first kappa shape index (κ1) is 49.3. The molecule has 1 heterocycles. The van der Waals surface area contributed by atoms with Gasteiger partial charge in [-0.3, -0.25) is 24.1 Å². The van der Waals surface area contributed by atoms with E-state index in [2.05, 4.69) is 79.8 Å². The highest BCUT2D eigenvalue weighted by Gasteiger charge is 2.37. The van der Waals surface area contributed by atoms with Crippen LogP contribution in [0.2, 0.25) is 5.02 Å². The number of halogens is 1. The molecule has 3 aromatic carbocycles. The Morgan fingerprint density at radius 1 is 0.885 bits per heavy atom. The van der Waals surface area contributed by atoms with Crippen molar-refractivity contribution >= 4 is 75.0 Å². The maximum absolute atomic E-state index is 14.2. The third kappa shape index (κ3) is 14.9. The molecule has 0 saturated heterocycles. The molecule has 1 unspecified atom stereocenters. The van der Waals surface area contributed by atoms with Gasteiger partial charge in [-0.1, -0.05) is 98.2 Å². The van der Waals surface area contributed by atoms with Gasteiger partial charge in [0, 0.05) is 46.8 Å². The van der Waals surface area contributed by atoms with Crippen molar-refractivity contribution in [3.8, 4) is 5.75 Å². The van der Waals surface area contributed by atoms with Crippen LogP contribution in [-0.4, -0.2) is 60.9 Å². The molecule has 0 spiro atoms. The topological polar surface area (TPSA) is 148 Å². The number of ketones is 1. The molecule has 12 nitrogen and oxygen atoms in total. The number of amides is 3. The molecule has 0 radical (unpaired) electrons. The summed E-state index contributed by atoms with van der Waals surface area (Å²) >= 11 is 8.54. The number of aromatic nitrogens is 4. The summed E-state index contributed by atoms with van der Waals surface area (Å²) in [4.78, 5) is 57.2. The molecular formula is C46H62ClN7O5S2. The van der Waals surface area contributed by atoms with E-state index in [1.165, 1.54) is 10.2 Å². The van der Waals surface area contributed by atoms with Gasteiger partial charge < -0.3 is 15.4 Å². The van der Waals surface area contributed by atoms with Crippen LogP contribution in [0.15, 0.2) is 70.7 Å². The molecule has 4 aromatic rings. The second-order valence-electron chi connectivity index (χ2n) is 18.8. The van der Waals surface area contributed by atoms with Gasteiger partial charge in [-0.05, 0) is 109 Å². The summed E-state index contributed by atoms with van der Waals surface area (Å²) in [7, 11) is 0. The van der Waals surface area contributed by atoms with E-state index in [0.29, 0.717) is 41.0 Å². The van der Waals surface area contributed by atoms with Gasteiger partial charge in [0.1, 0.15) is 11.0 Å². The molecule has 0 aliphatic heterocycles. The standard InChI is InChI=1S/C46H62ClN7O5S2/c1-13-53-42(50-51-52-53)61-43(58)54(29(2)3)35-17-14-15-18-37(35)60-39(40(56)46(10,11)12)41(57)49-34-26-32(21-22-33(34)47)48-38(55)19-16-24-59-36-23-20-30(27-44(4,5)6)25-31(36)28-45(7,8)9/h14-15,17-18,20-23,25-26,29,39H,13,16,19,24,27-28H2,1-12H3,(H,48,55)(H,49,57). The molecule has 0 bridgehead atoms. The number of hydrogen-bond donors (Lipinski definition) is 2. The van der Waals surface area contributed by atoms with Crippen LogP contribution in [0.4, 0.5) is 21.9 Å². The van der Waals surface area contributed by atoms with Crippen molar-refractivity contribution in [1.29, 1.82) is 0 Å². The molecule has 61 heavy (non-hydrogen) atoms. The molecule has 0 saturated carbocycles. The van der Waals surface area contributed by atoms with Crippen molar-refractivity contribution in [2.75, 3.05) is 22.1 Å². The zero-order valence-corrected chi connectivity index (χ0v) is 40.0. The Hall–Kier alpha value is -4.40. The molecule has 1 aromatic heterocycles. The third-order valence-corrected chi connectivity index (χ3v) is 11.6. The highest BCUT2D eigenvalue weighted by atomic mass is 35.5. The van der Waals surface area contributed by atoms with Crippen molar-refractivity contribution < 1.29 is 23.9 Å². The number of carbonyl (C=O) groups excluding carboxylic acids is 4. The van der Waals surface area contributed by atoms with E-state index in [1.54, 1.807) is 68.1 Å². The maximum Gasteiger partial charge on any atom is 0.294 e. The van der Waals surface area contributed by atoms with E-state index >= 15 is 0 Å². The lowest BCUT2D eigenvalue weighted by atomic mass is 9.84. The second kappa shape index (κ2) is 21.1. The molecule has 4 rings (SSSR count). The number of nitrogens with zero attached hydrogens (tertiary/aromatic N) is 5. The van der Waals surface area contributed by atoms with Crippen molar-refractivity contribution in [3.05, 3.63) is 76.8 Å². The number of Topliss-reactive ketones (excluding diaryl/α,β-unsaturated/α-hetero) is 1. The lowest BCUT2D eigenvalue weighted by Gasteiger charge is -2.29. The Balaban J connectivity index is 1.46. The predicted octanol–water partition coefficient (Wildman–Crippen LogP) is 11.2. The van der Waals surface area contributed by atoms with Gasteiger partial charge in [-0.15, -0.1) is 16.9 Å². The zero-order valence-electron chi connectivity index (χ0n) is 37.6. The lowest BCUT2D eigenvalue weighted by Crippen LogP contribution is -2.40. The van der Waals surface area contributed by atoms with Crippen LogP contribution in [0.25, 0.3) is 0 Å². The Morgan fingerprint density at radius 3 is 2.21 bits per heavy atom. The van der Waals surface area contributed by atoms with E-state index in [9.17, 15) is 19.2 Å². The summed E-state index contributed by atoms with van der Waals surface area (Å²) in [6.07, 6.45) is 2.54. The maximum atomic E-state index is 14.2. The Morgan fingerprint density at radius 2 is 1.57 bits per heavy atom. The molecule has 0 aliphatic carbocycles. The minimum Gasteiger partial charge on any atom is -0.493 e. The first-order valence-electron chi connectivity index (χ1n) is 20.7. The molecule has 330 valence electrons. The number of ether oxygens (including phenoxy) is 1. The first-order valence-corrected chi connectivity index (χ1v) is 22.7. The van der Waals surface area contributed by atoms with Gasteiger partial charge in [-0.2, -0.15) is 0 Å². The van der Waals surface area contributed by atoms with Crippen molar-refractivity contribution in [2.45, 2.75) is 137 Å². The van der Waals surface area contributed by atoms with E-state index in [1.807, 2.05) is 26.8 Å². The smallest absolute Gasteiger partial charge is 0.294 e. The number of thioether (sulfide) groups is 2. The monoisotopic (exact) mass is 891 g/mol. The molecule has 15 heteroatoms. The van der Waals surface area contributed by atoms with Gasteiger partial charge in [0.2, 0.25) is 17.0 Å². The average molecular weight is 893 g/mol. The number of tetrazole rings is 1. The van der Waals surface area contributed by atoms with Crippen LogP contribution in [0.3, 0.4) is 0 Å². The molecule has 2 N–H and O–H groups in total. The Labute approximate surface area is 375 Å². The summed E-state index contributed by atoms with van der Waals surface area (Å²) in [5.41, 5.74) is 3.00. The fourth-order valence-electron chi connectivity index (χ4n) is 6.43. The van der Waals surface area contributed by atoms with Gasteiger partial charge in [-0.25, -0.2) is 4.68 Å². The van der Waals surface area contributed by atoms with Gasteiger partial charge in [0.25, 0.3) is 5.24 Å². The predicted molar refractivity (Wildman–Crippen MR) is 249 cm³/mol. The van der Waals surface area contributed by atoms with Crippen LogP contribution in [0, 0.1) is 16.2 Å². The van der Waals surface area contributed by atoms with Gasteiger partial charge >= 0.3 is 0 Å². The number of rotatable bonds is 17. The van der Waals surface area contributed by atoms with Crippen molar-refractivity contribution in [1.82, 2.24) is 20.2 Å². The highest BCUT2D eigenvalue weighted by Crippen LogP contribution is 2.39. The number of hydrogen-bond acceptors (Lipinski definition) is 10. The van der Waals surface area contributed by atoms with E-state index in [0.717, 1.165) is 47.7 Å². The Kier molecular flexibility index (Phi) is 17.1. The van der Waals surface area contributed by atoms with Crippen molar-refractivity contribution in [2.24, 2.45) is 16.2 Å². The summed E-state index contributed by atoms with van der Waals surface area (Å²) < 4.78 is 7.76. The number of benzene rings is 3. The van der Waals surface area contributed by atoms with Crippen LogP contribution in [0.5, 0.6) is 5.75 Å². The number of para-hydroxylation sites is 1. The van der Waals surface area contributed by atoms with Gasteiger partial charge in [0.15, 0.2) is 5.78 Å². The van der Waals surface area contributed by atoms with E-state index in [4.69, 9.17) is 16.3 Å². The molecule has 3 amide bonds. The fourth-order valence-corrected chi connectivity index (χ4v) is 8.83. The number of carbonyl (C=O) groups is 4. The fraction of sp³-hybridized carbons (Fsp3) is 0.500. The van der Waals surface area contributed by atoms with Gasteiger partial charge in [0.05, 0.1) is 23.0 Å². The zero-order chi connectivity index (χ0) is 45.3. The quantitative estimate of drug-likeness (QED) is 0.0596. The summed E-state index contributed by atoms with van der Waals surface area (Å²) in [6, 6.07) is 18.1. The van der Waals surface area contributed by atoms with Crippen LogP contribution in [-0.2, 0) is 33.8 Å². The lowest BCUT2D eigenvalue weighted by molar-refractivity contribution is -0.130. The summed E-state index contributed by atoms with van der Waals surface area (Å²) in [5.74, 6) is -0.302. The van der Waals surface area contributed by atoms with E-state index in [-0.39, 0.29) is 50.9 Å². The minimum absolute atomic E-state index is 0.0796. The van der Waals surface area contributed by atoms with Crippen LogP contribution in [0.1, 0.15) is 107 Å². The molecule has 1 atom stereocenters. The number of aryl methyl sites for hydroxylation is 1. The molecule has 0 aliphatic rings. The Bertz CT molecular complexity index is 2170. The summed E-state index contributed by atoms with van der Waals surface area (Å²) in [6.45, 7) is 25.1.